The number of nitrogens with one attached hydrogen (secondary N) is 2. The molecule has 1 aromatic rings. The van der Waals surface area contributed by atoms with E-state index in [4.69, 9.17) is 4.99 Å². The minimum absolute atomic E-state index is 0. The quantitative estimate of drug-likeness (QED) is 0.213. The molecule has 0 spiro atoms. The highest BCUT2D eigenvalue weighted by molar-refractivity contribution is 14.0. The second-order valence-electron chi connectivity index (χ2n) is 7.32. The Kier molecular flexibility index (Phi) is 13.1. The Bertz CT molecular complexity index is 579. The van der Waals surface area contributed by atoms with E-state index in [1.807, 2.05) is 30.3 Å². The molecular formula is C19H38IN7S. The zero-order valence-corrected chi connectivity index (χ0v) is 21.1. The lowest BCUT2D eigenvalue weighted by Gasteiger charge is -2.33. The van der Waals surface area contributed by atoms with Gasteiger partial charge in [-0.15, -0.1) is 34.2 Å². The molecule has 1 saturated heterocycles. The molecule has 28 heavy (non-hydrogen) atoms. The summed E-state index contributed by atoms with van der Waals surface area (Å²) in [7, 11) is 1.99. The zero-order chi connectivity index (χ0) is 19.5. The number of rotatable bonds is 10. The van der Waals surface area contributed by atoms with Crippen molar-refractivity contribution in [2.24, 2.45) is 12.0 Å². The van der Waals surface area contributed by atoms with E-state index in [1.165, 1.54) is 25.8 Å². The molecule has 1 aliphatic heterocycles. The fourth-order valence-electron chi connectivity index (χ4n) is 3.31. The maximum atomic E-state index is 4.72. The molecule has 1 unspecified atom stereocenters. The number of thioether (sulfide) groups is 1. The number of halogens is 1. The van der Waals surface area contributed by atoms with Gasteiger partial charge in [0.2, 0.25) is 0 Å². The summed E-state index contributed by atoms with van der Waals surface area (Å²) in [5, 5.41) is 15.3. The van der Waals surface area contributed by atoms with Crippen LogP contribution < -0.4 is 10.6 Å². The van der Waals surface area contributed by atoms with Gasteiger partial charge in [-0.05, 0) is 58.1 Å². The number of aryl methyl sites for hydroxylation is 1. The Morgan fingerprint density at radius 3 is 2.61 bits per heavy atom. The van der Waals surface area contributed by atoms with Crippen molar-refractivity contribution in [1.82, 2.24) is 30.3 Å². The molecule has 2 N–H and O–H groups in total. The van der Waals surface area contributed by atoms with Gasteiger partial charge in [0.1, 0.15) is 12.4 Å². The van der Waals surface area contributed by atoms with Gasteiger partial charge in [-0.25, -0.2) is 4.99 Å². The monoisotopic (exact) mass is 523 g/mol. The molecule has 2 heterocycles. The maximum Gasteiger partial charge on any atom is 0.191 e. The second kappa shape index (κ2) is 14.4. The van der Waals surface area contributed by atoms with E-state index in [9.17, 15) is 0 Å². The van der Waals surface area contributed by atoms with Crippen LogP contribution in [0.2, 0.25) is 0 Å². The Hall–Kier alpha value is -0.550. The lowest BCUT2D eigenvalue weighted by molar-refractivity contribution is 0.159. The number of piperidine rings is 1. The fraction of sp³-hybridized carbons (Fsp3) is 0.842. The van der Waals surface area contributed by atoms with Crippen molar-refractivity contribution in [1.29, 1.82) is 0 Å². The largest absolute Gasteiger partial charge is 0.356 e. The van der Waals surface area contributed by atoms with Gasteiger partial charge in [0.15, 0.2) is 11.8 Å². The van der Waals surface area contributed by atoms with Crippen LogP contribution in [0.1, 0.15) is 50.7 Å². The van der Waals surface area contributed by atoms with Crippen molar-refractivity contribution < 1.29 is 0 Å². The highest BCUT2D eigenvalue weighted by Gasteiger charge is 2.17. The van der Waals surface area contributed by atoms with Gasteiger partial charge in [-0.3, -0.25) is 0 Å². The molecule has 1 fully saturated rings. The minimum Gasteiger partial charge on any atom is -0.356 e. The molecular weight excluding hydrogens is 485 g/mol. The van der Waals surface area contributed by atoms with E-state index in [2.05, 4.69) is 38.9 Å². The van der Waals surface area contributed by atoms with Crippen molar-refractivity contribution in [3.05, 3.63) is 11.6 Å². The summed E-state index contributed by atoms with van der Waals surface area (Å²) < 4.78 is 1.99. The van der Waals surface area contributed by atoms with E-state index in [1.54, 1.807) is 0 Å². The summed E-state index contributed by atoms with van der Waals surface area (Å²) in [6, 6.07) is 0.732. The van der Waals surface area contributed by atoms with Crippen LogP contribution in [-0.4, -0.2) is 69.9 Å². The van der Waals surface area contributed by atoms with Crippen molar-refractivity contribution in [3.8, 4) is 0 Å². The normalized spacial score (nSPS) is 18.0. The third kappa shape index (κ3) is 8.86. The van der Waals surface area contributed by atoms with Crippen LogP contribution in [0.5, 0.6) is 0 Å². The number of nitrogens with zero attached hydrogens (tertiary/aromatic N) is 5. The molecule has 7 nitrogen and oxygen atoms in total. The molecule has 0 aromatic carbocycles. The van der Waals surface area contributed by atoms with Crippen molar-refractivity contribution in [3.63, 3.8) is 0 Å². The van der Waals surface area contributed by atoms with Gasteiger partial charge in [-0.2, -0.15) is 11.8 Å². The van der Waals surface area contributed by atoms with E-state index in [0.717, 1.165) is 61.9 Å². The number of likely N-dealkylation sites (tertiary alicyclic amines) is 1. The van der Waals surface area contributed by atoms with Gasteiger partial charge < -0.3 is 20.1 Å². The molecule has 0 amide bonds. The lowest BCUT2D eigenvalue weighted by Crippen LogP contribution is -2.41. The van der Waals surface area contributed by atoms with E-state index in [0.29, 0.717) is 6.54 Å². The Balaban J connectivity index is 0.00000392. The molecule has 162 valence electrons. The van der Waals surface area contributed by atoms with Gasteiger partial charge in [-0.1, -0.05) is 6.42 Å². The first-order valence-electron chi connectivity index (χ1n) is 10.2. The van der Waals surface area contributed by atoms with Crippen LogP contribution in [0.15, 0.2) is 4.99 Å². The first kappa shape index (κ1) is 25.5. The summed E-state index contributed by atoms with van der Waals surface area (Å²) in [5.74, 6) is 3.84. The summed E-state index contributed by atoms with van der Waals surface area (Å²) in [5.41, 5.74) is 0. The molecule has 0 bridgehead atoms. The van der Waals surface area contributed by atoms with E-state index in [-0.39, 0.29) is 24.0 Å². The maximum absolute atomic E-state index is 4.72. The van der Waals surface area contributed by atoms with Crippen LogP contribution in [0.3, 0.4) is 0 Å². The van der Waals surface area contributed by atoms with E-state index >= 15 is 0 Å². The van der Waals surface area contributed by atoms with Crippen LogP contribution >= 0.6 is 35.7 Å². The summed E-state index contributed by atoms with van der Waals surface area (Å²) in [4.78, 5) is 7.34. The van der Waals surface area contributed by atoms with Crippen LogP contribution in [-0.2, 0) is 13.6 Å². The average Bonchev–Trinajstić information content (AvgIpc) is 2.99. The van der Waals surface area contributed by atoms with Crippen molar-refractivity contribution in [2.45, 2.75) is 58.5 Å². The Morgan fingerprint density at radius 1 is 1.21 bits per heavy atom. The zero-order valence-electron chi connectivity index (χ0n) is 17.9. The lowest BCUT2D eigenvalue weighted by atomic mass is 10.0. The third-order valence-corrected chi connectivity index (χ3v) is 5.93. The molecule has 9 heteroatoms. The number of aromatic nitrogens is 3. The van der Waals surface area contributed by atoms with E-state index < -0.39 is 0 Å². The topological polar surface area (TPSA) is 70.4 Å². The predicted octanol–water partition coefficient (Wildman–Crippen LogP) is 2.79. The summed E-state index contributed by atoms with van der Waals surface area (Å²) in [6.45, 7) is 9.15. The molecule has 0 radical (unpaired) electrons. The molecule has 1 atom stereocenters. The van der Waals surface area contributed by atoms with Crippen molar-refractivity contribution in [2.75, 3.05) is 38.2 Å². The fourth-order valence-corrected chi connectivity index (χ4v) is 3.75. The molecule has 1 aromatic heterocycles. The van der Waals surface area contributed by atoms with Crippen LogP contribution in [0.4, 0.5) is 0 Å². The third-order valence-electron chi connectivity index (χ3n) is 5.23. The summed E-state index contributed by atoms with van der Waals surface area (Å²) >= 11 is 1.88. The SMILES string of the molecule is CSCCCNC(=NCc1nnc(C)n1C)NCCCN1CCCCC1C.I. The highest BCUT2D eigenvalue weighted by Crippen LogP contribution is 2.16. The molecule has 1 aliphatic rings. The number of guanidine groups is 1. The van der Waals surface area contributed by atoms with Gasteiger partial charge in [0.25, 0.3) is 0 Å². The van der Waals surface area contributed by atoms with Gasteiger partial charge in [0, 0.05) is 32.7 Å². The number of aliphatic imine (C=N–C) groups is 1. The first-order chi connectivity index (χ1) is 13.1. The molecule has 2 rings (SSSR count). The molecule has 0 saturated carbocycles. The molecule has 0 aliphatic carbocycles. The average molecular weight is 524 g/mol. The van der Waals surface area contributed by atoms with Gasteiger partial charge in [0.05, 0.1) is 0 Å². The highest BCUT2D eigenvalue weighted by atomic mass is 127. The van der Waals surface area contributed by atoms with Crippen molar-refractivity contribution >= 4 is 41.7 Å². The standard InChI is InChI=1S/C19H37N7S.HI/c1-16-9-5-6-12-26(16)13-7-10-20-19(21-11-8-14-27-4)22-15-18-24-23-17(2)25(18)3;/h16H,5-15H2,1-4H3,(H2,20,21,22);1H. The summed E-state index contributed by atoms with van der Waals surface area (Å²) in [6.07, 6.45) is 8.49. The second-order valence-corrected chi connectivity index (χ2v) is 8.31. The predicted molar refractivity (Wildman–Crippen MR) is 131 cm³/mol. The van der Waals surface area contributed by atoms with Crippen LogP contribution in [0, 0.1) is 6.92 Å². The Labute approximate surface area is 191 Å². The van der Waals surface area contributed by atoms with Crippen LogP contribution in [0.25, 0.3) is 0 Å². The number of hydrogen-bond acceptors (Lipinski definition) is 5. The first-order valence-corrected chi connectivity index (χ1v) is 11.6. The minimum atomic E-state index is 0. The smallest absolute Gasteiger partial charge is 0.191 e. The number of hydrogen-bond donors (Lipinski definition) is 2. The van der Waals surface area contributed by atoms with Gasteiger partial charge >= 0.3 is 0 Å². The Morgan fingerprint density at radius 2 is 1.96 bits per heavy atom.